The van der Waals surface area contributed by atoms with Gasteiger partial charge in [0.15, 0.2) is 0 Å². The Bertz CT molecular complexity index is 1260. The summed E-state index contributed by atoms with van der Waals surface area (Å²) >= 11 is 0. The molecule has 0 aromatic heterocycles. The topological polar surface area (TPSA) is 149 Å². The zero-order chi connectivity index (χ0) is 53.1. The van der Waals surface area contributed by atoms with E-state index in [1.54, 1.807) is 0 Å². The molecule has 0 spiro atoms. The van der Waals surface area contributed by atoms with E-state index in [2.05, 4.69) is 4.74 Å². The van der Waals surface area contributed by atoms with Crippen molar-refractivity contribution in [2.75, 3.05) is 192 Å². The first kappa shape index (κ1) is 68.2. The van der Waals surface area contributed by atoms with Crippen molar-refractivity contribution in [3.63, 3.8) is 0 Å². The third-order valence-electron chi connectivity index (χ3n) is 8.42. The third kappa shape index (κ3) is 24.5. The van der Waals surface area contributed by atoms with Crippen LogP contribution in [0.25, 0.3) is 0 Å². The maximum absolute atomic E-state index is 13.9. The van der Waals surface area contributed by atoms with Crippen molar-refractivity contribution in [1.29, 1.82) is 0 Å². The lowest BCUT2D eigenvalue weighted by atomic mass is 9.88. The molecule has 0 saturated carbocycles. The zero-order valence-corrected chi connectivity index (χ0v) is 37.8. The van der Waals surface area contributed by atoms with E-state index in [1.807, 2.05) is 0 Å². The summed E-state index contributed by atoms with van der Waals surface area (Å²) in [7, 11) is 0. The summed E-state index contributed by atoms with van der Waals surface area (Å²) in [5.74, 6) is -56.6. The van der Waals surface area contributed by atoms with Gasteiger partial charge < -0.3 is 71.4 Å². The molecule has 0 aliphatic rings. The number of alkyl halides is 17. The number of rotatable bonds is 50. The molecule has 0 rings (SSSR count). The molecule has 0 aliphatic carbocycles. The Labute approximate surface area is 391 Å². The van der Waals surface area contributed by atoms with Crippen molar-refractivity contribution >= 4 is 0 Å². The van der Waals surface area contributed by atoms with Gasteiger partial charge in [-0.2, -0.15) is 74.6 Å². The molecule has 0 atom stereocenters. The van der Waals surface area contributed by atoms with Gasteiger partial charge in [0.1, 0.15) is 0 Å². The second kappa shape index (κ2) is 36.2. The minimum Gasteiger partial charge on any atom is -0.394 e. The molecule has 32 heteroatoms. The van der Waals surface area contributed by atoms with Crippen LogP contribution < -0.4 is 0 Å². The fraction of sp³-hybridized carbons (Fsp3) is 1.00. The van der Waals surface area contributed by atoms with Crippen molar-refractivity contribution in [3.8, 4) is 0 Å². The summed E-state index contributed by atoms with van der Waals surface area (Å²) in [5, 5.41) is 8.58. The van der Waals surface area contributed by atoms with Gasteiger partial charge in [0.25, 0.3) is 0 Å². The van der Waals surface area contributed by atoms with Gasteiger partial charge in [-0.15, -0.1) is 0 Å². The molecule has 0 unspecified atom stereocenters. The van der Waals surface area contributed by atoms with Crippen molar-refractivity contribution in [1.82, 2.24) is 0 Å². The molecule has 0 bridgehead atoms. The molecule has 0 amide bonds. The standard InChI is InChI=1S/C38H61F17O15/c39-31(40,32(41,42)33(43,44)34(45,46)35(47,48)36(49,50)37(51,52)38(53,54)55)1-3-57-5-7-59-9-11-61-13-15-63-17-19-65-21-23-67-25-27-69-29-30-70-28-26-68-24-22-66-20-18-64-16-14-62-12-10-60-8-6-58-4-2-56/h56H,1-30H2. The molecule has 0 aromatic carbocycles. The molecule has 1 N–H and O–H groups in total. The third-order valence-corrected chi connectivity index (χ3v) is 8.42. The van der Waals surface area contributed by atoms with Crippen LogP contribution in [0.3, 0.4) is 0 Å². The summed E-state index contributed by atoms with van der Waals surface area (Å²) < 4.78 is 300. The fourth-order valence-corrected chi connectivity index (χ4v) is 4.58. The molecule has 0 saturated heterocycles. The number of halogens is 17. The van der Waals surface area contributed by atoms with Crippen molar-refractivity contribution in [2.24, 2.45) is 0 Å². The van der Waals surface area contributed by atoms with Crippen LogP contribution in [-0.4, -0.2) is 244 Å². The average molecular weight is 1080 g/mol. The van der Waals surface area contributed by atoms with Crippen molar-refractivity contribution < 1.29 is 146 Å². The van der Waals surface area contributed by atoms with Crippen LogP contribution in [0.5, 0.6) is 0 Å². The van der Waals surface area contributed by atoms with E-state index < -0.39 is 73.9 Å². The zero-order valence-electron chi connectivity index (χ0n) is 37.8. The summed E-state index contributed by atoms with van der Waals surface area (Å²) in [6.07, 6.45) is -10.5. The second-order valence-corrected chi connectivity index (χ2v) is 13.7. The lowest BCUT2D eigenvalue weighted by Crippen LogP contribution is -2.74. The molecule has 0 fully saturated rings. The maximum Gasteiger partial charge on any atom is 0.460 e. The van der Waals surface area contributed by atoms with Gasteiger partial charge in [-0.25, -0.2) is 0 Å². The summed E-state index contributed by atoms with van der Waals surface area (Å²) in [6.45, 7) is 4.73. The second-order valence-electron chi connectivity index (χ2n) is 13.7. The first-order valence-electron chi connectivity index (χ1n) is 21.2. The Morgan fingerprint density at radius 3 is 0.543 bits per heavy atom. The van der Waals surface area contributed by atoms with Gasteiger partial charge >= 0.3 is 47.6 Å². The highest BCUT2D eigenvalue weighted by Crippen LogP contribution is 2.64. The minimum atomic E-state index is -8.67. The van der Waals surface area contributed by atoms with E-state index >= 15 is 0 Å². The Morgan fingerprint density at radius 1 is 0.200 bits per heavy atom. The number of aliphatic hydroxyl groups excluding tert-OH is 1. The lowest BCUT2D eigenvalue weighted by Gasteiger charge is -2.42. The van der Waals surface area contributed by atoms with Crippen LogP contribution in [-0.2, 0) is 66.3 Å². The molecule has 422 valence electrons. The van der Waals surface area contributed by atoms with Gasteiger partial charge in [-0.3, -0.25) is 0 Å². The molecular weight excluding hydrogens is 1020 g/mol. The largest absolute Gasteiger partial charge is 0.460 e. The molecular formula is C38H61F17O15. The fourth-order valence-electron chi connectivity index (χ4n) is 4.58. The lowest BCUT2D eigenvalue weighted by molar-refractivity contribution is -0.462. The van der Waals surface area contributed by atoms with E-state index in [1.165, 1.54) is 0 Å². The van der Waals surface area contributed by atoms with Crippen LogP contribution in [0.15, 0.2) is 0 Å². The van der Waals surface area contributed by atoms with Gasteiger partial charge in [0.05, 0.1) is 192 Å². The molecule has 0 radical (unpaired) electrons. The summed E-state index contributed by atoms with van der Waals surface area (Å²) in [6, 6.07) is 0. The molecule has 0 aliphatic heterocycles. The SMILES string of the molecule is OCCOCCOCCOCCOCCOCCOCCOCCOCCOCCOCCOCCOCCOCCOCCC(F)(F)C(F)(F)C(F)(F)C(F)(F)C(F)(F)C(F)(F)C(F)(F)C(F)(F)F. The highest BCUT2D eigenvalue weighted by molar-refractivity contribution is 5.15. The normalized spacial score (nSPS) is 13.8. The van der Waals surface area contributed by atoms with Crippen LogP contribution in [0.2, 0.25) is 0 Å². The first-order valence-corrected chi connectivity index (χ1v) is 21.2. The van der Waals surface area contributed by atoms with Crippen molar-refractivity contribution in [2.45, 2.75) is 54.1 Å². The van der Waals surface area contributed by atoms with E-state index in [4.69, 9.17) is 66.7 Å². The van der Waals surface area contributed by atoms with Gasteiger partial charge in [-0.1, -0.05) is 0 Å². The Hall–Kier alpha value is -1.79. The number of ether oxygens (including phenoxy) is 14. The van der Waals surface area contributed by atoms with Crippen LogP contribution >= 0.6 is 0 Å². The van der Waals surface area contributed by atoms with E-state index in [0.717, 1.165) is 0 Å². The summed E-state index contributed by atoms with van der Waals surface area (Å²) in [4.78, 5) is 0. The van der Waals surface area contributed by atoms with Gasteiger partial charge in [0, 0.05) is 6.42 Å². The van der Waals surface area contributed by atoms with Crippen LogP contribution in [0.1, 0.15) is 6.42 Å². The van der Waals surface area contributed by atoms with Gasteiger partial charge in [0.2, 0.25) is 0 Å². The Morgan fingerprint density at radius 2 is 0.357 bits per heavy atom. The highest BCUT2D eigenvalue weighted by atomic mass is 19.4. The highest BCUT2D eigenvalue weighted by Gasteiger charge is 2.95. The smallest absolute Gasteiger partial charge is 0.394 e. The van der Waals surface area contributed by atoms with Crippen LogP contribution in [0.4, 0.5) is 74.6 Å². The molecule has 15 nitrogen and oxygen atoms in total. The number of hydrogen-bond donors (Lipinski definition) is 1. The predicted octanol–water partition coefficient (Wildman–Crippen LogP) is 5.61. The minimum absolute atomic E-state index is 0.0194. The monoisotopic (exact) mass is 1080 g/mol. The van der Waals surface area contributed by atoms with E-state index in [0.29, 0.717) is 112 Å². The molecule has 0 heterocycles. The quantitative estimate of drug-likeness (QED) is 0.0594. The predicted molar refractivity (Wildman–Crippen MR) is 204 cm³/mol. The number of hydrogen-bond acceptors (Lipinski definition) is 15. The maximum atomic E-state index is 13.9. The summed E-state index contributed by atoms with van der Waals surface area (Å²) in [5.41, 5.74) is 0. The van der Waals surface area contributed by atoms with Crippen LogP contribution in [0, 0.1) is 0 Å². The Kier molecular flexibility index (Phi) is 35.3. The Balaban J connectivity index is 3.72. The van der Waals surface area contributed by atoms with Crippen molar-refractivity contribution in [3.05, 3.63) is 0 Å². The van der Waals surface area contributed by atoms with E-state index in [9.17, 15) is 74.6 Å². The molecule has 70 heavy (non-hydrogen) atoms. The van der Waals surface area contributed by atoms with Gasteiger partial charge in [-0.05, 0) is 0 Å². The van der Waals surface area contributed by atoms with E-state index in [-0.39, 0.29) is 59.5 Å². The molecule has 0 aromatic rings. The average Bonchev–Trinajstić information content (AvgIpc) is 3.28. The first-order chi connectivity index (χ1) is 32.8. The number of aliphatic hydroxyl groups is 1.